The number of hydrogen-bond acceptors (Lipinski definition) is 4. The van der Waals surface area contributed by atoms with Crippen molar-refractivity contribution in [3.8, 4) is 0 Å². The first kappa shape index (κ1) is 10.3. The first-order valence-electron chi connectivity index (χ1n) is 6.10. The van der Waals surface area contributed by atoms with Crippen LogP contribution in [0.15, 0.2) is 24.5 Å². The predicted octanol–water partition coefficient (Wildman–Crippen LogP) is 2.20. The van der Waals surface area contributed by atoms with Crippen LogP contribution in [0.1, 0.15) is 19.3 Å². The second-order valence-corrected chi connectivity index (χ2v) is 4.51. The molecule has 4 heteroatoms. The zero-order valence-electron chi connectivity index (χ0n) is 9.76. The Bertz CT molecular complexity index is 532. The molecule has 0 unspecified atom stereocenters. The van der Waals surface area contributed by atoms with Gasteiger partial charge in [-0.1, -0.05) is 0 Å². The summed E-state index contributed by atoms with van der Waals surface area (Å²) in [6.45, 7) is 2.18. The minimum absolute atomic E-state index is 0.763. The van der Waals surface area contributed by atoms with Gasteiger partial charge in [0, 0.05) is 31.2 Å². The topological polar surface area (TPSA) is 55.0 Å². The van der Waals surface area contributed by atoms with Gasteiger partial charge in [-0.25, -0.2) is 0 Å². The molecule has 0 bridgehead atoms. The average molecular weight is 228 g/mol. The number of rotatable bonds is 1. The Kier molecular flexibility index (Phi) is 2.55. The monoisotopic (exact) mass is 228 g/mol. The van der Waals surface area contributed by atoms with E-state index < -0.39 is 0 Å². The molecule has 1 aliphatic heterocycles. The highest BCUT2D eigenvalue weighted by Crippen LogP contribution is 2.29. The van der Waals surface area contributed by atoms with Crippen molar-refractivity contribution in [1.82, 2.24) is 9.97 Å². The van der Waals surface area contributed by atoms with E-state index >= 15 is 0 Å². The van der Waals surface area contributed by atoms with E-state index in [1.54, 1.807) is 12.4 Å². The number of nitrogen functional groups attached to an aromatic ring is 1. The Hall–Kier alpha value is -1.84. The third-order valence-electron chi connectivity index (χ3n) is 3.27. The van der Waals surface area contributed by atoms with E-state index in [1.807, 2.05) is 12.1 Å². The van der Waals surface area contributed by atoms with Gasteiger partial charge in [-0.2, -0.15) is 0 Å². The number of nitrogens with two attached hydrogens (primary N) is 1. The highest BCUT2D eigenvalue weighted by molar-refractivity contribution is 5.91. The Balaban J connectivity index is 2.13. The molecule has 88 valence electrons. The van der Waals surface area contributed by atoms with Crippen molar-refractivity contribution in [3.63, 3.8) is 0 Å². The van der Waals surface area contributed by atoms with Crippen molar-refractivity contribution in [1.29, 1.82) is 0 Å². The van der Waals surface area contributed by atoms with E-state index in [0.29, 0.717) is 0 Å². The molecule has 1 aliphatic rings. The summed E-state index contributed by atoms with van der Waals surface area (Å²) in [5, 5.41) is 0. The Morgan fingerprint density at radius 2 is 1.76 bits per heavy atom. The van der Waals surface area contributed by atoms with Crippen molar-refractivity contribution in [3.05, 3.63) is 24.5 Å². The first-order chi connectivity index (χ1) is 8.34. The van der Waals surface area contributed by atoms with Crippen LogP contribution in [0, 0.1) is 0 Å². The number of hydrogen-bond donors (Lipinski definition) is 1. The van der Waals surface area contributed by atoms with E-state index in [9.17, 15) is 0 Å². The van der Waals surface area contributed by atoms with Gasteiger partial charge < -0.3 is 10.6 Å². The zero-order valence-corrected chi connectivity index (χ0v) is 9.76. The minimum Gasteiger partial charge on any atom is -0.399 e. The Labute approximate surface area is 100 Å². The van der Waals surface area contributed by atoms with Crippen LogP contribution in [-0.2, 0) is 0 Å². The van der Waals surface area contributed by atoms with E-state index in [-0.39, 0.29) is 0 Å². The Morgan fingerprint density at radius 3 is 2.59 bits per heavy atom. The fraction of sp³-hybridized carbons (Fsp3) is 0.385. The summed E-state index contributed by atoms with van der Waals surface area (Å²) in [4.78, 5) is 11.1. The van der Waals surface area contributed by atoms with Crippen LogP contribution in [0.5, 0.6) is 0 Å². The number of aromatic nitrogens is 2. The van der Waals surface area contributed by atoms with Crippen LogP contribution >= 0.6 is 0 Å². The fourth-order valence-corrected chi connectivity index (χ4v) is 2.45. The van der Waals surface area contributed by atoms with E-state index in [4.69, 9.17) is 5.73 Å². The number of fused-ring (bicyclic) bond motifs is 1. The zero-order chi connectivity index (χ0) is 11.7. The molecule has 0 atom stereocenters. The van der Waals surface area contributed by atoms with Crippen molar-refractivity contribution >= 4 is 22.4 Å². The van der Waals surface area contributed by atoms with Gasteiger partial charge in [0.2, 0.25) is 0 Å². The molecule has 1 aromatic heterocycles. The molecule has 2 N–H and O–H groups in total. The van der Waals surface area contributed by atoms with Gasteiger partial charge in [-0.15, -0.1) is 0 Å². The second-order valence-electron chi connectivity index (χ2n) is 4.51. The molecule has 3 rings (SSSR count). The molecule has 2 aromatic rings. The van der Waals surface area contributed by atoms with Gasteiger partial charge in [-0.05, 0) is 31.4 Å². The molecule has 0 amide bonds. The van der Waals surface area contributed by atoms with Crippen LogP contribution in [0.4, 0.5) is 11.4 Å². The lowest BCUT2D eigenvalue weighted by Crippen LogP contribution is -2.29. The summed E-state index contributed by atoms with van der Waals surface area (Å²) in [6, 6.07) is 3.90. The third-order valence-corrected chi connectivity index (χ3v) is 3.27. The largest absolute Gasteiger partial charge is 0.399 e. The number of anilines is 2. The number of benzene rings is 1. The molecule has 17 heavy (non-hydrogen) atoms. The molecule has 0 saturated carbocycles. The second kappa shape index (κ2) is 4.20. The van der Waals surface area contributed by atoms with Crippen LogP contribution in [0.3, 0.4) is 0 Å². The van der Waals surface area contributed by atoms with Gasteiger partial charge in [0.1, 0.15) is 5.52 Å². The minimum atomic E-state index is 0.763. The first-order valence-corrected chi connectivity index (χ1v) is 6.10. The SMILES string of the molecule is Nc1cc(N2CCCCC2)c2nccnc2c1. The van der Waals surface area contributed by atoms with Gasteiger partial charge in [0.05, 0.1) is 11.2 Å². The Morgan fingerprint density at radius 1 is 1.00 bits per heavy atom. The standard InChI is InChI=1S/C13H16N4/c14-10-8-11-13(16-5-4-15-11)12(9-10)17-6-2-1-3-7-17/h4-5,8-9H,1-3,6-7,14H2. The third kappa shape index (κ3) is 1.90. The quantitative estimate of drug-likeness (QED) is 0.760. The van der Waals surface area contributed by atoms with Gasteiger partial charge in [0.15, 0.2) is 0 Å². The number of piperidine rings is 1. The van der Waals surface area contributed by atoms with E-state index in [0.717, 1.165) is 35.5 Å². The van der Waals surface area contributed by atoms with Crippen molar-refractivity contribution in [2.75, 3.05) is 23.7 Å². The maximum absolute atomic E-state index is 5.94. The fourth-order valence-electron chi connectivity index (χ4n) is 2.45. The molecular formula is C13H16N4. The van der Waals surface area contributed by atoms with Gasteiger partial charge in [0.25, 0.3) is 0 Å². The molecule has 1 saturated heterocycles. The summed E-state index contributed by atoms with van der Waals surface area (Å²) < 4.78 is 0. The predicted molar refractivity (Wildman–Crippen MR) is 70.0 cm³/mol. The van der Waals surface area contributed by atoms with Crippen molar-refractivity contribution < 1.29 is 0 Å². The lowest BCUT2D eigenvalue weighted by atomic mass is 10.1. The molecule has 0 aliphatic carbocycles. The van der Waals surface area contributed by atoms with Crippen LogP contribution in [-0.4, -0.2) is 23.1 Å². The molecule has 2 heterocycles. The highest BCUT2D eigenvalue weighted by atomic mass is 15.1. The molecule has 0 spiro atoms. The normalized spacial score (nSPS) is 16.4. The summed E-state index contributed by atoms with van der Waals surface area (Å²) in [5.41, 5.74) is 9.68. The van der Waals surface area contributed by atoms with Gasteiger partial charge >= 0.3 is 0 Å². The maximum Gasteiger partial charge on any atom is 0.112 e. The van der Waals surface area contributed by atoms with E-state index in [2.05, 4.69) is 14.9 Å². The lowest BCUT2D eigenvalue weighted by molar-refractivity contribution is 0.579. The lowest BCUT2D eigenvalue weighted by Gasteiger charge is -2.29. The van der Waals surface area contributed by atoms with Crippen molar-refractivity contribution in [2.24, 2.45) is 0 Å². The summed E-state index contributed by atoms with van der Waals surface area (Å²) >= 11 is 0. The summed E-state index contributed by atoms with van der Waals surface area (Å²) in [5.74, 6) is 0. The van der Waals surface area contributed by atoms with E-state index in [1.165, 1.54) is 19.3 Å². The van der Waals surface area contributed by atoms with Crippen LogP contribution < -0.4 is 10.6 Å². The van der Waals surface area contributed by atoms with Gasteiger partial charge in [-0.3, -0.25) is 9.97 Å². The number of nitrogens with zero attached hydrogens (tertiary/aromatic N) is 3. The van der Waals surface area contributed by atoms with Crippen LogP contribution in [0.25, 0.3) is 11.0 Å². The summed E-state index contributed by atoms with van der Waals surface area (Å²) in [6.07, 6.45) is 7.27. The highest BCUT2D eigenvalue weighted by Gasteiger charge is 2.15. The molecule has 1 fully saturated rings. The average Bonchev–Trinajstić information content (AvgIpc) is 2.39. The smallest absolute Gasteiger partial charge is 0.112 e. The molecular weight excluding hydrogens is 212 g/mol. The molecule has 0 radical (unpaired) electrons. The molecule has 4 nitrogen and oxygen atoms in total. The molecule has 1 aromatic carbocycles. The van der Waals surface area contributed by atoms with Crippen molar-refractivity contribution in [2.45, 2.75) is 19.3 Å². The summed E-state index contributed by atoms with van der Waals surface area (Å²) in [7, 11) is 0. The maximum atomic E-state index is 5.94. The van der Waals surface area contributed by atoms with Crippen LogP contribution in [0.2, 0.25) is 0 Å².